The second-order valence-electron chi connectivity index (χ2n) is 2.91. The van der Waals surface area contributed by atoms with Gasteiger partial charge in [0.15, 0.2) is 0 Å². The lowest BCUT2D eigenvalue weighted by Crippen LogP contribution is -2.03. The molecule has 2 rings (SSSR count). The Kier molecular flexibility index (Phi) is 2.40. The topological polar surface area (TPSA) is 55.6 Å². The minimum atomic E-state index is 0.623. The predicted molar refractivity (Wildman–Crippen MR) is 52.6 cm³/mol. The Morgan fingerprint density at radius 1 is 1.36 bits per heavy atom. The van der Waals surface area contributed by atoms with E-state index in [1.54, 1.807) is 23.1 Å². The molecule has 0 saturated carbocycles. The lowest BCUT2D eigenvalue weighted by Gasteiger charge is -2.00. The number of nitrogens with one attached hydrogen (secondary N) is 1. The highest BCUT2D eigenvalue weighted by Gasteiger charge is 1.97. The smallest absolute Gasteiger partial charge is 0.222 e. The van der Waals surface area contributed by atoms with Gasteiger partial charge in [0.05, 0.1) is 12.2 Å². The van der Waals surface area contributed by atoms with Crippen molar-refractivity contribution < 1.29 is 0 Å². The summed E-state index contributed by atoms with van der Waals surface area (Å²) in [6.07, 6.45) is 5.31. The first-order chi connectivity index (χ1) is 6.84. The van der Waals surface area contributed by atoms with Crippen molar-refractivity contribution in [3.05, 3.63) is 36.4 Å². The zero-order chi connectivity index (χ0) is 9.80. The summed E-state index contributed by atoms with van der Waals surface area (Å²) in [5.41, 5.74) is 0.972. The molecule has 0 radical (unpaired) electrons. The molecule has 0 aliphatic heterocycles. The molecular formula is C9H11N5. The molecule has 1 N–H and O–H groups in total. The van der Waals surface area contributed by atoms with Gasteiger partial charge >= 0.3 is 0 Å². The van der Waals surface area contributed by atoms with Gasteiger partial charge in [0, 0.05) is 25.6 Å². The fraction of sp³-hybridized carbons (Fsp3) is 0.222. The SMILES string of the molecule is Cn1ccc(CNc2ncccn2)n1. The van der Waals surface area contributed by atoms with Crippen molar-refractivity contribution in [2.24, 2.45) is 7.05 Å². The van der Waals surface area contributed by atoms with Gasteiger partial charge in [-0.2, -0.15) is 5.10 Å². The summed E-state index contributed by atoms with van der Waals surface area (Å²) in [6.45, 7) is 0.644. The van der Waals surface area contributed by atoms with Gasteiger partial charge in [0.1, 0.15) is 0 Å². The van der Waals surface area contributed by atoms with Crippen molar-refractivity contribution in [1.29, 1.82) is 0 Å². The van der Waals surface area contributed by atoms with Crippen molar-refractivity contribution in [3.63, 3.8) is 0 Å². The van der Waals surface area contributed by atoms with Crippen LogP contribution in [-0.4, -0.2) is 19.7 Å². The first-order valence-corrected chi connectivity index (χ1v) is 4.34. The Morgan fingerprint density at radius 2 is 2.14 bits per heavy atom. The summed E-state index contributed by atoms with van der Waals surface area (Å²) in [5, 5.41) is 7.30. The lowest BCUT2D eigenvalue weighted by molar-refractivity contribution is 0.746. The quantitative estimate of drug-likeness (QED) is 0.776. The maximum absolute atomic E-state index is 4.22. The average Bonchev–Trinajstić information content (AvgIpc) is 2.63. The maximum Gasteiger partial charge on any atom is 0.222 e. The molecule has 2 heterocycles. The monoisotopic (exact) mass is 189 g/mol. The van der Waals surface area contributed by atoms with E-state index in [2.05, 4.69) is 20.4 Å². The highest BCUT2D eigenvalue weighted by atomic mass is 15.3. The normalized spacial score (nSPS) is 10.1. The highest BCUT2D eigenvalue weighted by molar-refractivity contribution is 5.23. The summed E-state index contributed by atoms with van der Waals surface area (Å²) in [5.74, 6) is 0.623. The number of nitrogens with zero attached hydrogens (tertiary/aromatic N) is 4. The number of aromatic nitrogens is 4. The molecular weight excluding hydrogens is 178 g/mol. The molecule has 2 aromatic rings. The van der Waals surface area contributed by atoms with E-state index in [0.29, 0.717) is 12.5 Å². The zero-order valence-corrected chi connectivity index (χ0v) is 7.88. The van der Waals surface area contributed by atoms with Crippen LogP contribution < -0.4 is 5.32 Å². The van der Waals surface area contributed by atoms with Crippen molar-refractivity contribution in [2.45, 2.75) is 6.54 Å². The second kappa shape index (κ2) is 3.87. The van der Waals surface area contributed by atoms with E-state index in [1.165, 1.54) is 0 Å². The summed E-state index contributed by atoms with van der Waals surface area (Å²) in [4.78, 5) is 8.09. The molecule has 0 aliphatic rings. The Balaban J connectivity index is 1.95. The molecule has 5 nitrogen and oxygen atoms in total. The van der Waals surface area contributed by atoms with Gasteiger partial charge in [-0.1, -0.05) is 0 Å². The number of aryl methyl sites for hydroxylation is 1. The molecule has 2 aromatic heterocycles. The van der Waals surface area contributed by atoms with Crippen LogP contribution in [0.4, 0.5) is 5.95 Å². The second-order valence-corrected chi connectivity index (χ2v) is 2.91. The summed E-state index contributed by atoms with van der Waals surface area (Å²) >= 11 is 0. The minimum absolute atomic E-state index is 0.623. The molecule has 0 spiro atoms. The number of hydrogen-bond acceptors (Lipinski definition) is 4. The van der Waals surface area contributed by atoms with Gasteiger partial charge < -0.3 is 5.32 Å². The number of hydrogen-bond donors (Lipinski definition) is 1. The van der Waals surface area contributed by atoms with Crippen LogP contribution in [0.25, 0.3) is 0 Å². The molecule has 14 heavy (non-hydrogen) atoms. The fourth-order valence-corrected chi connectivity index (χ4v) is 1.12. The van der Waals surface area contributed by atoms with Crippen molar-refractivity contribution in [2.75, 3.05) is 5.32 Å². The Bertz CT molecular complexity index is 395. The molecule has 0 aromatic carbocycles. The van der Waals surface area contributed by atoms with Gasteiger partial charge in [0.2, 0.25) is 5.95 Å². The Morgan fingerprint density at radius 3 is 2.79 bits per heavy atom. The van der Waals surface area contributed by atoms with Gasteiger partial charge in [-0.15, -0.1) is 0 Å². The largest absolute Gasteiger partial charge is 0.348 e. The van der Waals surface area contributed by atoms with Gasteiger partial charge in [-0.05, 0) is 12.1 Å². The third-order valence-corrected chi connectivity index (χ3v) is 1.76. The Labute approximate surface area is 81.8 Å². The number of rotatable bonds is 3. The van der Waals surface area contributed by atoms with Crippen molar-refractivity contribution >= 4 is 5.95 Å². The molecule has 0 atom stereocenters. The zero-order valence-electron chi connectivity index (χ0n) is 7.88. The molecule has 0 fully saturated rings. The third kappa shape index (κ3) is 2.07. The van der Waals surface area contributed by atoms with Crippen LogP contribution in [-0.2, 0) is 13.6 Å². The first-order valence-electron chi connectivity index (χ1n) is 4.34. The van der Waals surface area contributed by atoms with Crippen LogP contribution in [0.15, 0.2) is 30.7 Å². The summed E-state index contributed by atoms with van der Waals surface area (Å²) < 4.78 is 1.77. The predicted octanol–water partition coefficient (Wildman–Crippen LogP) is 0.822. The molecule has 0 bridgehead atoms. The van der Waals surface area contributed by atoms with E-state index in [1.807, 2.05) is 19.3 Å². The van der Waals surface area contributed by atoms with Crippen LogP contribution >= 0.6 is 0 Å². The van der Waals surface area contributed by atoms with Crippen LogP contribution in [0.1, 0.15) is 5.69 Å². The summed E-state index contributed by atoms with van der Waals surface area (Å²) in [6, 6.07) is 3.74. The number of anilines is 1. The summed E-state index contributed by atoms with van der Waals surface area (Å²) in [7, 11) is 1.89. The third-order valence-electron chi connectivity index (χ3n) is 1.76. The lowest BCUT2D eigenvalue weighted by atomic mass is 10.4. The highest BCUT2D eigenvalue weighted by Crippen LogP contribution is 1.99. The van der Waals surface area contributed by atoms with E-state index in [0.717, 1.165) is 5.69 Å². The van der Waals surface area contributed by atoms with Crippen LogP contribution in [0.5, 0.6) is 0 Å². The van der Waals surface area contributed by atoms with Crippen LogP contribution in [0.2, 0.25) is 0 Å². The van der Waals surface area contributed by atoms with E-state index < -0.39 is 0 Å². The first kappa shape index (κ1) is 8.68. The molecule has 0 unspecified atom stereocenters. The minimum Gasteiger partial charge on any atom is -0.348 e. The van der Waals surface area contributed by atoms with E-state index in [-0.39, 0.29) is 0 Å². The standard InChI is InChI=1S/C9H11N5/c1-14-6-3-8(13-14)7-12-9-10-4-2-5-11-9/h2-6H,7H2,1H3,(H,10,11,12). The van der Waals surface area contributed by atoms with Crippen molar-refractivity contribution in [3.8, 4) is 0 Å². The molecule has 0 amide bonds. The average molecular weight is 189 g/mol. The Hall–Kier alpha value is -1.91. The molecule has 72 valence electrons. The van der Waals surface area contributed by atoms with E-state index >= 15 is 0 Å². The fourth-order valence-electron chi connectivity index (χ4n) is 1.12. The van der Waals surface area contributed by atoms with Crippen molar-refractivity contribution in [1.82, 2.24) is 19.7 Å². The van der Waals surface area contributed by atoms with Gasteiger partial charge in [-0.25, -0.2) is 9.97 Å². The van der Waals surface area contributed by atoms with E-state index in [9.17, 15) is 0 Å². The van der Waals surface area contributed by atoms with Crippen LogP contribution in [0.3, 0.4) is 0 Å². The van der Waals surface area contributed by atoms with E-state index in [4.69, 9.17) is 0 Å². The molecule has 0 saturated heterocycles. The molecule has 5 heteroatoms. The maximum atomic E-state index is 4.22. The molecule has 0 aliphatic carbocycles. The van der Waals surface area contributed by atoms with Crippen LogP contribution in [0, 0.1) is 0 Å². The van der Waals surface area contributed by atoms with Gasteiger partial charge in [-0.3, -0.25) is 4.68 Å². The van der Waals surface area contributed by atoms with Gasteiger partial charge in [0.25, 0.3) is 0 Å².